The summed E-state index contributed by atoms with van der Waals surface area (Å²) in [6.45, 7) is 1.60. The summed E-state index contributed by atoms with van der Waals surface area (Å²) in [5, 5.41) is 0.483. The molecule has 1 saturated heterocycles. The van der Waals surface area contributed by atoms with E-state index in [9.17, 15) is 9.18 Å². The van der Waals surface area contributed by atoms with Crippen molar-refractivity contribution in [3.63, 3.8) is 0 Å². The van der Waals surface area contributed by atoms with E-state index < -0.39 is 0 Å². The van der Waals surface area contributed by atoms with Crippen LogP contribution in [0.15, 0.2) is 18.2 Å². The van der Waals surface area contributed by atoms with Crippen molar-refractivity contribution in [2.75, 3.05) is 20.6 Å². The number of hydrogen-bond acceptors (Lipinski definition) is 2. The lowest BCUT2D eigenvalue weighted by atomic mass is 9.88. The van der Waals surface area contributed by atoms with Crippen molar-refractivity contribution >= 4 is 17.5 Å². The normalized spacial score (nSPS) is 28.3. The number of likely N-dealkylation sites (tertiary alicyclic amines) is 1. The highest BCUT2D eigenvalue weighted by molar-refractivity contribution is 6.31. The Labute approximate surface area is 136 Å². The second kappa shape index (κ2) is 6.17. The van der Waals surface area contributed by atoms with Gasteiger partial charge >= 0.3 is 0 Å². The molecule has 0 bridgehead atoms. The van der Waals surface area contributed by atoms with E-state index in [0.29, 0.717) is 35.9 Å². The van der Waals surface area contributed by atoms with Gasteiger partial charge in [0.15, 0.2) is 0 Å². The third-order valence-corrected chi connectivity index (χ3v) is 5.60. The minimum atomic E-state index is -0.301. The van der Waals surface area contributed by atoms with Crippen molar-refractivity contribution in [2.45, 2.75) is 31.8 Å². The van der Waals surface area contributed by atoms with Crippen LogP contribution in [0, 0.1) is 17.7 Å². The number of benzene rings is 1. The highest BCUT2D eigenvalue weighted by Crippen LogP contribution is 2.40. The average Bonchev–Trinajstić information content (AvgIpc) is 2.85. The van der Waals surface area contributed by atoms with Gasteiger partial charge in [-0.3, -0.25) is 9.69 Å². The Balaban J connectivity index is 1.64. The lowest BCUT2D eigenvalue weighted by Crippen LogP contribution is -2.39. The molecule has 22 heavy (non-hydrogen) atoms. The van der Waals surface area contributed by atoms with E-state index in [0.717, 1.165) is 24.9 Å². The van der Waals surface area contributed by atoms with Crippen molar-refractivity contribution in [3.05, 3.63) is 34.6 Å². The number of rotatable bonds is 3. The first kappa shape index (κ1) is 15.8. The van der Waals surface area contributed by atoms with Crippen LogP contribution in [0.25, 0.3) is 0 Å². The molecule has 1 saturated carbocycles. The van der Waals surface area contributed by atoms with Crippen LogP contribution in [-0.4, -0.2) is 42.4 Å². The first-order chi connectivity index (χ1) is 10.4. The molecule has 1 amide bonds. The number of nitrogens with zero attached hydrogens (tertiary/aromatic N) is 2. The number of hydrogen-bond donors (Lipinski definition) is 0. The summed E-state index contributed by atoms with van der Waals surface area (Å²) in [6, 6.07) is 5.05. The van der Waals surface area contributed by atoms with E-state index in [4.69, 9.17) is 11.6 Å². The summed E-state index contributed by atoms with van der Waals surface area (Å²) < 4.78 is 13.1. The van der Waals surface area contributed by atoms with Gasteiger partial charge in [0.05, 0.1) is 0 Å². The Kier molecular flexibility index (Phi) is 4.42. The van der Waals surface area contributed by atoms with Gasteiger partial charge in [0.25, 0.3) is 0 Å². The molecule has 0 N–H and O–H groups in total. The summed E-state index contributed by atoms with van der Waals surface area (Å²) in [7, 11) is 3.99. The SMILES string of the molecule is CN1C[C@@H]2C[C@H](N(C)Cc3ccc(F)cc3Cl)C[C@@H]2CC1=O. The van der Waals surface area contributed by atoms with Crippen molar-refractivity contribution in [1.82, 2.24) is 9.80 Å². The van der Waals surface area contributed by atoms with Crippen LogP contribution >= 0.6 is 11.6 Å². The average molecular weight is 325 g/mol. The van der Waals surface area contributed by atoms with E-state index >= 15 is 0 Å². The Morgan fingerprint density at radius 1 is 1.36 bits per heavy atom. The van der Waals surface area contributed by atoms with Crippen LogP contribution in [0.4, 0.5) is 4.39 Å². The van der Waals surface area contributed by atoms with Crippen molar-refractivity contribution < 1.29 is 9.18 Å². The van der Waals surface area contributed by atoms with Gasteiger partial charge in [-0.15, -0.1) is 0 Å². The molecule has 2 aliphatic rings. The summed E-state index contributed by atoms with van der Waals surface area (Å²) >= 11 is 6.12. The zero-order valence-electron chi connectivity index (χ0n) is 13.1. The first-order valence-electron chi connectivity index (χ1n) is 7.82. The second-order valence-corrected chi connectivity index (χ2v) is 7.18. The second-order valence-electron chi connectivity index (χ2n) is 6.77. The number of halogens is 2. The molecule has 2 fully saturated rings. The molecule has 1 aliphatic heterocycles. The fourth-order valence-corrected chi connectivity index (χ4v) is 4.12. The predicted molar refractivity (Wildman–Crippen MR) is 85.1 cm³/mol. The van der Waals surface area contributed by atoms with Crippen molar-refractivity contribution in [3.8, 4) is 0 Å². The summed E-state index contributed by atoms with van der Waals surface area (Å²) in [5.41, 5.74) is 0.952. The summed E-state index contributed by atoms with van der Waals surface area (Å²) in [5.74, 6) is 1.09. The third kappa shape index (κ3) is 3.13. The van der Waals surface area contributed by atoms with Gasteiger partial charge in [0.2, 0.25) is 5.91 Å². The fourth-order valence-electron chi connectivity index (χ4n) is 3.89. The molecule has 1 aliphatic carbocycles. The molecule has 0 radical (unpaired) electrons. The number of carbonyl (C=O) groups excluding carboxylic acids is 1. The zero-order valence-corrected chi connectivity index (χ0v) is 13.8. The largest absolute Gasteiger partial charge is 0.345 e. The summed E-state index contributed by atoms with van der Waals surface area (Å²) in [4.78, 5) is 16.0. The zero-order chi connectivity index (χ0) is 15.9. The monoisotopic (exact) mass is 324 g/mol. The quantitative estimate of drug-likeness (QED) is 0.852. The van der Waals surface area contributed by atoms with Crippen molar-refractivity contribution in [1.29, 1.82) is 0 Å². The van der Waals surface area contributed by atoms with E-state index in [1.54, 1.807) is 6.07 Å². The predicted octanol–water partition coefficient (Wildman–Crippen LogP) is 3.17. The maximum absolute atomic E-state index is 13.1. The van der Waals surface area contributed by atoms with Crippen LogP contribution in [0.5, 0.6) is 0 Å². The number of piperidine rings is 1. The molecule has 120 valence electrons. The molecule has 3 atom stereocenters. The van der Waals surface area contributed by atoms with Gasteiger partial charge in [-0.05, 0) is 49.4 Å². The van der Waals surface area contributed by atoms with E-state index in [2.05, 4.69) is 11.9 Å². The molecule has 1 heterocycles. The first-order valence-corrected chi connectivity index (χ1v) is 8.20. The van der Waals surface area contributed by atoms with Crippen LogP contribution in [0.1, 0.15) is 24.8 Å². The van der Waals surface area contributed by atoms with Gasteiger partial charge < -0.3 is 4.90 Å². The molecular weight excluding hydrogens is 303 g/mol. The molecular formula is C17H22ClFN2O. The van der Waals surface area contributed by atoms with Crippen LogP contribution in [0.2, 0.25) is 5.02 Å². The minimum Gasteiger partial charge on any atom is -0.345 e. The standard InChI is InChI=1S/C17H22ClFN2O/c1-20(9-11-3-4-14(19)8-16(11)18)15-5-12-7-17(22)21(2)10-13(12)6-15/h3-4,8,12-13,15H,5-7,9-10H2,1-2H3/t12-,13+,15-/m1/s1. The maximum atomic E-state index is 13.1. The van der Waals surface area contributed by atoms with Gasteiger partial charge in [-0.25, -0.2) is 4.39 Å². The number of carbonyl (C=O) groups is 1. The topological polar surface area (TPSA) is 23.6 Å². The van der Waals surface area contributed by atoms with Crippen molar-refractivity contribution in [2.24, 2.45) is 11.8 Å². The van der Waals surface area contributed by atoms with E-state index in [1.165, 1.54) is 12.1 Å². The molecule has 5 heteroatoms. The molecule has 0 aromatic heterocycles. The number of amides is 1. The van der Waals surface area contributed by atoms with E-state index in [1.807, 2.05) is 11.9 Å². The van der Waals surface area contributed by atoms with Crippen LogP contribution in [0.3, 0.4) is 0 Å². The molecule has 3 nitrogen and oxygen atoms in total. The Morgan fingerprint density at radius 3 is 2.82 bits per heavy atom. The van der Waals surface area contributed by atoms with Crippen LogP contribution < -0.4 is 0 Å². The lowest BCUT2D eigenvalue weighted by Gasteiger charge is -2.31. The maximum Gasteiger partial charge on any atom is 0.222 e. The van der Waals surface area contributed by atoms with Gasteiger partial charge in [-0.2, -0.15) is 0 Å². The lowest BCUT2D eigenvalue weighted by molar-refractivity contribution is -0.134. The van der Waals surface area contributed by atoms with Crippen LogP contribution in [-0.2, 0) is 11.3 Å². The summed E-state index contributed by atoms with van der Waals surface area (Å²) in [6.07, 6.45) is 2.87. The molecule has 3 rings (SSSR count). The number of fused-ring (bicyclic) bond motifs is 1. The van der Waals surface area contributed by atoms with Gasteiger partial charge in [0.1, 0.15) is 5.82 Å². The molecule has 0 spiro atoms. The van der Waals surface area contributed by atoms with E-state index in [-0.39, 0.29) is 11.7 Å². The highest BCUT2D eigenvalue weighted by Gasteiger charge is 2.41. The van der Waals surface area contributed by atoms with Gasteiger partial charge in [-0.1, -0.05) is 17.7 Å². The van der Waals surface area contributed by atoms with Gasteiger partial charge in [0, 0.05) is 37.6 Å². The minimum absolute atomic E-state index is 0.270. The Hall–Kier alpha value is -1.13. The molecule has 0 unspecified atom stereocenters. The Bertz CT molecular complexity index is 580. The highest BCUT2D eigenvalue weighted by atomic mass is 35.5. The fraction of sp³-hybridized carbons (Fsp3) is 0.588. The molecule has 1 aromatic rings. The third-order valence-electron chi connectivity index (χ3n) is 5.25. The molecule has 1 aromatic carbocycles. The Morgan fingerprint density at radius 2 is 2.09 bits per heavy atom. The smallest absolute Gasteiger partial charge is 0.222 e.